The number of rotatable bonds is 6. The molecule has 0 unspecified atom stereocenters. The molecule has 0 N–H and O–H groups in total. The van der Waals surface area contributed by atoms with Crippen LogP contribution in [0.1, 0.15) is 58.1 Å². The predicted octanol–water partition coefficient (Wildman–Crippen LogP) is 12.1. The van der Waals surface area contributed by atoms with Gasteiger partial charge in [0, 0.05) is 63.0 Å². The van der Waals surface area contributed by atoms with E-state index >= 15 is 0 Å². The third kappa shape index (κ3) is 5.87. The van der Waals surface area contributed by atoms with Crippen LogP contribution < -0.4 is 9.80 Å². The second-order valence-corrected chi connectivity index (χ2v) is 15.3. The lowest BCUT2D eigenvalue weighted by Crippen LogP contribution is -2.27. The molecular weight excluding hydrogens is 641 g/mol. The number of halogens is 2. The number of hydrogen-bond donors (Lipinski definition) is 0. The van der Waals surface area contributed by atoms with Crippen LogP contribution in [0, 0.1) is 0 Å². The molecule has 4 aromatic carbocycles. The number of anilines is 3. The van der Waals surface area contributed by atoms with Crippen molar-refractivity contribution in [2.45, 2.75) is 57.8 Å². The van der Waals surface area contributed by atoms with Crippen LogP contribution in [-0.2, 0) is 10.8 Å². The van der Waals surface area contributed by atoms with E-state index < -0.39 is 0 Å². The van der Waals surface area contributed by atoms with Crippen LogP contribution in [0.2, 0.25) is 10.0 Å². The molecule has 3 nitrogen and oxygen atoms in total. The highest BCUT2D eigenvalue weighted by molar-refractivity contribution is 6.31. The molecule has 0 bridgehead atoms. The molecule has 2 aliphatic heterocycles. The van der Waals surface area contributed by atoms with Crippen LogP contribution >= 0.6 is 23.2 Å². The van der Waals surface area contributed by atoms with Crippen molar-refractivity contribution < 1.29 is 4.58 Å². The van der Waals surface area contributed by atoms with Crippen molar-refractivity contribution in [3.8, 4) is 0 Å². The molecule has 0 radical (unpaired) electrons. The summed E-state index contributed by atoms with van der Waals surface area (Å²) in [5.41, 5.74) is 13.3. The summed E-state index contributed by atoms with van der Waals surface area (Å²) in [5, 5.41) is 1.52. The third-order valence-corrected chi connectivity index (χ3v) is 11.1. The Morgan fingerprint density at radius 2 is 1.33 bits per heavy atom. The van der Waals surface area contributed by atoms with Crippen molar-refractivity contribution in [1.29, 1.82) is 0 Å². The molecule has 4 aromatic rings. The number of para-hydroxylation sites is 2. The number of nitrogens with zero attached hydrogens (tertiary/aromatic N) is 3. The van der Waals surface area contributed by atoms with Gasteiger partial charge in [0.15, 0.2) is 5.71 Å². The van der Waals surface area contributed by atoms with E-state index in [4.69, 9.17) is 23.2 Å². The summed E-state index contributed by atoms with van der Waals surface area (Å²) in [6.45, 7) is 9.23. The Morgan fingerprint density at radius 1 is 0.714 bits per heavy atom. The van der Waals surface area contributed by atoms with Gasteiger partial charge in [0.2, 0.25) is 5.69 Å². The van der Waals surface area contributed by atoms with Crippen molar-refractivity contribution in [1.82, 2.24) is 0 Å². The fraction of sp³-hybridized carbons (Fsp3) is 0.250. The molecule has 0 amide bonds. The van der Waals surface area contributed by atoms with Gasteiger partial charge in [0.25, 0.3) is 0 Å². The summed E-state index contributed by atoms with van der Waals surface area (Å²) in [6, 6.07) is 34.1. The molecule has 0 spiro atoms. The lowest BCUT2D eigenvalue weighted by molar-refractivity contribution is -0.401. The van der Waals surface area contributed by atoms with Gasteiger partial charge in [-0.3, -0.25) is 0 Å². The Bertz CT molecular complexity index is 2040. The summed E-state index contributed by atoms with van der Waals surface area (Å²) >= 11 is 12.9. The van der Waals surface area contributed by atoms with E-state index in [9.17, 15) is 0 Å². The average Bonchev–Trinajstić information content (AvgIpc) is 3.40. The van der Waals surface area contributed by atoms with Gasteiger partial charge in [0.05, 0.1) is 11.1 Å². The first-order valence-corrected chi connectivity index (χ1v) is 17.9. The smallest absolute Gasteiger partial charge is 0.211 e. The molecular formula is C44H44Cl2N3+. The van der Waals surface area contributed by atoms with Gasteiger partial charge in [0.1, 0.15) is 7.05 Å². The van der Waals surface area contributed by atoms with E-state index in [0.717, 1.165) is 40.7 Å². The van der Waals surface area contributed by atoms with Crippen molar-refractivity contribution in [2.75, 3.05) is 23.9 Å². The van der Waals surface area contributed by atoms with Crippen molar-refractivity contribution in [3.63, 3.8) is 0 Å². The van der Waals surface area contributed by atoms with Crippen LogP contribution in [0.5, 0.6) is 0 Å². The van der Waals surface area contributed by atoms with Gasteiger partial charge in [-0.05, 0) is 104 Å². The fourth-order valence-electron chi connectivity index (χ4n) is 8.08. The average molecular weight is 686 g/mol. The highest BCUT2D eigenvalue weighted by Crippen LogP contribution is 2.48. The van der Waals surface area contributed by atoms with Crippen LogP contribution in [0.25, 0.3) is 0 Å². The Hall–Kier alpha value is -4.31. The number of benzene rings is 4. The number of likely N-dealkylation sites (N-methyl/N-ethyl adjacent to an activating group) is 1. The summed E-state index contributed by atoms with van der Waals surface area (Å²) < 4.78 is 2.30. The van der Waals surface area contributed by atoms with E-state index in [1.807, 2.05) is 12.1 Å². The lowest BCUT2D eigenvalue weighted by Gasteiger charge is -2.34. The molecule has 0 fully saturated rings. The second kappa shape index (κ2) is 12.9. The molecule has 2 heterocycles. The fourth-order valence-corrected chi connectivity index (χ4v) is 8.41. The molecule has 49 heavy (non-hydrogen) atoms. The largest absolute Gasteiger partial charge is 0.347 e. The lowest BCUT2D eigenvalue weighted by atomic mass is 9.81. The minimum Gasteiger partial charge on any atom is -0.347 e. The third-order valence-electron chi connectivity index (χ3n) is 10.6. The van der Waals surface area contributed by atoms with Crippen molar-refractivity contribution in [2.24, 2.45) is 0 Å². The van der Waals surface area contributed by atoms with Gasteiger partial charge in [-0.1, -0.05) is 91.7 Å². The maximum Gasteiger partial charge on any atom is 0.211 e. The van der Waals surface area contributed by atoms with Crippen molar-refractivity contribution >= 4 is 51.7 Å². The minimum atomic E-state index is -0.154. The monoisotopic (exact) mass is 684 g/mol. The van der Waals surface area contributed by atoms with E-state index in [0.29, 0.717) is 0 Å². The molecule has 7 rings (SSSR count). The SMILES string of the molecule is CN1/C(=C/C=C2\CCCC(/C=C/C3=[N+](C)c4cc(Cl)ccc4C3(C)C)=C2N(c2ccccc2)c2ccccc2)C(C)(C)c2ccc(Cl)cc21. The van der Waals surface area contributed by atoms with E-state index in [1.54, 1.807) is 0 Å². The molecule has 5 heteroatoms. The quantitative estimate of drug-likeness (QED) is 0.187. The van der Waals surface area contributed by atoms with Crippen LogP contribution in [0.3, 0.4) is 0 Å². The van der Waals surface area contributed by atoms with E-state index in [1.165, 1.54) is 50.8 Å². The maximum atomic E-state index is 6.46. The van der Waals surface area contributed by atoms with Gasteiger partial charge in [-0.2, -0.15) is 4.58 Å². The zero-order valence-corrected chi connectivity index (χ0v) is 30.8. The Labute approximate surface area is 301 Å². The number of fused-ring (bicyclic) bond motifs is 2. The topological polar surface area (TPSA) is 9.49 Å². The number of allylic oxidation sites excluding steroid dienone is 7. The van der Waals surface area contributed by atoms with Gasteiger partial charge in [-0.15, -0.1) is 0 Å². The molecule has 1 aliphatic carbocycles. The number of hydrogen-bond acceptors (Lipinski definition) is 2. The van der Waals surface area contributed by atoms with Crippen LogP contribution in [-0.4, -0.2) is 24.4 Å². The summed E-state index contributed by atoms with van der Waals surface area (Å²) in [6.07, 6.45) is 12.5. The Kier molecular flexibility index (Phi) is 8.71. The Morgan fingerprint density at radius 3 is 1.98 bits per heavy atom. The molecule has 3 aliphatic rings. The first-order valence-electron chi connectivity index (χ1n) is 17.2. The van der Waals surface area contributed by atoms with Gasteiger partial charge < -0.3 is 9.80 Å². The Balaban J connectivity index is 1.40. The zero-order valence-electron chi connectivity index (χ0n) is 29.3. The molecule has 0 aromatic heterocycles. The zero-order chi connectivity index (χ0) is 34.5. The van der Waals surface area contributed by atoms with E-state index in [-0.39, 0.29) is 10.8 Å². The molecule has 0 saturated carbocycles. The molecule has 0 atom stereocenters. The van der Waals surface area contributed by atoms with E-state index in [2.05, 4.69) is 165 Å². The summed E-state index contributed by atoms with van der Waals surface area (Å²) in [4.78, 5) is 4.75. The predicted molar refractivity (Wildman–Crippen MR) is 209 cm³/mol. The minimum absolute atomic E-state index is 0.154. The molecule has 248 valence electrons. The van der Waals surface area contributed by atoms with Gasteiger partial charge >= 0.3 is 0 Å². The molecule has 0 saturated heterocycles. The maximum absolute atomic E-state index is 6.46. The van der Waals surface area contributed by atoms with Crippen LogP contribution in [0.4, 0.5) is 22.7 Å². The summed E-state index contributed by atoms with van der Waals surface area (Å²) in [7, 11) is 4.31. The van der Waals surface area contributed by atoms with Crippen LogP contribution in [0.15, 0.2) is 144 Å². The first kappa shape index (κ1) is 33.2. The van der Waals surface area contributed by atoms with Crippen molar-refractivity contribution in [3.05, 3.63) is 165 Å². The highest BCUT2D eigenvalue weighted by atomic mass is 35.5. The summed E-state index contributed by atoms with van der Waals surface area (Å²) in [5.74, 6) is 0. The van der Waals surface area contributed by atoms with Gasteiger partial charge in [-0.25, -0.2) is 0 Å². The first-order chi connectivity index (χ1) is 23.5. The normalized spacial score (nSPS) is 19.7. The second-order valence-electron chi connectivity index (χ2n) is 14.4. The standard InChI is InChI=1S/C44H44Cl2N3/c1-43(2)36-24-22-32(45)28-38(36)47(5)40(43)26-20-30-14-13-15-31(21-27-41-44(3,4)37-25-23-33(46)29-39(37)48(41)6)42(30)49(34-16-9-7-10-17-34)35-18-11-8-12-19-35/h7-12,16-29H,13-15H2,1-6H3/q+1. The highest BCUT2D eigenvalue weighted by Gasteiger charge is 2.43.